The van der Waals surface area contributed by atoms with E-state index in [0.717, 1.165) is 27.8 Å². The minimum absolute atomic E-state index is 0.230. The Morgan fingerprint density at radius 3 is 2.43 bits per heavy atom. The highest BCUT2D eigenvalue weighted by atomic mass is 16.5. The maximum atomic E-state index is 12.5. The number of nitrogens with one attached hydrogen (secondary N) is 1. The number of amides is 1. The third-order valence-electron chi connectivity index (χ3n) is 5.31. The van der Waals surface area contributed by atoms with Gasteiger partial charge < -0.3 is 14.8 Å². The molecular formula is C29H26N2O4. The summed E-state index contributed by atoms with van der Waals surface area (Å²) in [6, 6.07) is 24.8. The summed E-state index contributed by atoms with van der Waals surface area (Å²) in [7, 11) is 0. The molecule has 0 aliphatic rings. The number of rotatable bonds is 8. The summed E-state index contributed by atoms with van der Waals surface area (Å²) < 4.78 is 11.4. The Hall–Kier alpha value is -4.45. The number of hydrogen-bond acceptors (Lipinski definition) is 5. The van der Waals surface area contributed by atoms with E-state index in [2.05, 4.69) is 10.3 Å². The Balaban J connectivity index is 1.77. The number of esters is 1. The molecule has 4 aromatic rings. The molecule has 0 atom stereocenters. The average molecular weight is 467 g/mol. The van der Waals surface area contributed by atoms with Gasteiger partial charge in [0.25, 0.3) is 0 Å². The van der Waals surface area contributed by atoms with Crippen molar-refractivity contribution in [1.29, 1.82) is 0 Å². The summed E-state index contributed by atoms with van der Waals surface area (Å²) in [6.45, 7) is 3.86. The number of aromatic nitrogens is 1. The zero-order valence-electron chi connectivity index (χ0n) is 19.7. The number of ether oxygens (including phenoxy) is 2. The zero-order valence-corrected chi connectivity index (χ0v) is 19.7. The molecule has 0 aliphatic heterocycles. The van der Waals surface area contributed by atoms with Crippen LogP contribution in [0.25, 0.3) is 22.3 Å². The van der Waals surface area contributed by atoms with Gasteiger partial charge in [0.05, 0.1) is 12.2 Å². The van der Waals surface area contributed by atoms with E-state index in [1.807, 2.05) is 66.7 Å². The van der Waals surface area contributed by atoms with E-state index in [1.165, 1.54) is 6.92 Å². The first-order chi connectivity index (χ1) is 17.0. The number of carbonyl (C=O) groups is 2. The molecule has 35 heavy (non-hydrogen) atoms. The fourth-order valence-electron chi connectivity index (χ4n) is 3.80. The van der Waals surface area contributed by atoms with Crippen LogP contribution in [0.5, 0.6) is 5.75 Å². The zero-order chi connectivity index (χ0) is 24.6. The second-order valence-electron chi connectivity index (χ2n) is 7.89. The van der Waals surface area contributed by atoms with Gasteiger partial charge in [-0.2, -0.15) is 0 Å². The number of carbonyl (C=O) groups excluding carboxylic acids is 2. The molecule has 4 rings (SSSR count). The number of para-hydroxylation sites is 1. The summed E-state index contributed by atoms with van der Waals surface area (Å²) in [5, 5.41) is 2.77. The topological polar surface area (TPSA) is 77.5 Å². The van der Waals surface area contributed by atoms with Gasteiger partial charge >= 0.3 is 5.97 Å². The Morgan fingerprint density at radius 2 is 1.66 bits per heavy atom. The fourth-order valence-corrected chi connectivity index (χ4v) is 3.80. The molecule has 0 unspecified atom stereocenters. The van der Waals surface area contributed by atoms with Crippen LogP contribution in [0.2, 0.25) is 0 Å². The van der Waals surface area contributed by atoms with Crippen molar-refractivity contribution >= 4 is 17.6 Å². The number of anilines is 1. The first-order valence-corrected chi connectivity index (χ1v) is 11.4. The summed E-state index contributed by atoms with van der Waals surface area (Å²) in [5.74, 6) is 0.0314. The van der Waals surface area contributed by atoms with Crippen molar-refractivity contribution in [2.24, 2.45) is 0 Å². The first-order valence-electron chi connectivity index (χ1n) is 11.4. The van der Waals surface area contributed by atoms with E-state index in [0.29, 0.717) is 23.6 Å². The van der Waals surface area contributed by atoms with Crippen LogP contribution in [-0.2, 0) is 16.1 Å². The highest BCUT2D eigenvalue weighted by Gasteiger charge is 2.16. The number of hydrogen-bond donors (Lipinski definition) is 1. The highest BCUT2D eigenvalue weighted by molar-refractivity contribution is 5.97. The lowest BCUT2D eigenvalue weighted by Crippen LogP contribution is -2.09. The summed E-state index contributed by atoms with van der Waals surface area (Å²) >= 11 is 0. The van der Waals surface area contributed by atoms with Crippen molar-refractivity contribution < 1.29 is 19.1 Å². The van der Waals surface area contributed by atoms with E-state index in [-0.39, 0.29) is 12.5 Å². The lowest BCUT2D eigenvalue weighted by Gasteiger charge is -2.16. The molecule has 1 aromatic heterocycles. The Kier molecular flexibility index (Phi) is 7.53. The standard InChI is InChI=1S/C29H26N2O4/c1-3-34-29(33)23-15-22(16-24(17-23)31-20(2)32)25-13-14-30-18-27(25)26-11-7-8-12-28(26)35-19-21-9-5-4-6-10-21/h4-18H,3,19H2,1-2H3,(H,31,32). The molecule has 6 heteroatoms. The molecule has 0 saturated heterocycles. The van der Waals surface area contributed by atoms with Crippen molar-refractivity contribution in [3.63, 3.8) is 0 Å². The van der Waals surface area contributed by atoms with E-state index in [9.17, 15) is 9.59 Å². The van der Waals surface area contributed by atoms with E-state index >= 15 is 0 Å². The van der Waals surface area contributed by atoms with Gasteiger partial charge in [0.2, 0.25) is 5.91 Å². The van der Waals surface area contributed by atoms with Crippen LogP contribution in [0.15, 0.2) is 91.3 Å². The third kappa shape index (κ3) is 5.92. The van der Waals surface area contributed by atoms with Crippen LogP contribution in [-0.4, -0.2) is 23.5 Å². The maximum absolute atomic E-state index is 12.5. The van der Waals surface area contributed by atoms with Crippen LogP contribution in [0.4, 0.5) is 5.69 Å². The number of pyridine rings is 1. The van der Waals surface area contributed by atoms with Gasteiger partial charge in [-0.3, -0.25) is 9.78 Å². The van der Waals surface area contributed by atoms with E-state index in [4.69, 9.17) is 9.47 Å². The molecule has 1 N–H and O–H groups in total. The molecule has 176 valence electrons. The molecule has 0 radical (unpaired) electrons. The molecule has 0 bridgehead atoms. The monoisotopic (exact) mass is 466 g/mol. The molecule has 6 nitrogen and oxygen atoms in total. The molecule has 3 aromatic carbocycles. The summed E-state index contributed by atoms with van der Waals surface area (Å²) in [6.07, 6.45) is 3.47. The maximum Gasteiger partial charge on any atom is 0.338 e. The number of nitrogens with zero attached hydrogens (tertiary/aromatic N) is 1. The van der Waals surface area contributed by atoms with Gasteiger partial charge in [-0.1, -0.05) is 48.5 Å². The lowest BCUT2D eigenvalue weighted by atomic mass is 9.94. The second-order valence-corrected chi connectivity index (χ2v) is 7.89. The molecule has 0 spiro atoms. The van der Waals surface area contributed by atoms with Crippen LogP contribution >= 0.6 is 0 Å². The van der Waals surface area contributed by atoms with Gasteiger partial charge in [0.15, 0.2) is 0 Å². The van der Waals surface area contributed by atoms with Gasteiger partial charge in [-0.25, -0.2) is 4.79 Å². The molecule has 0 aliphatic carbocycles. The quantitative estimate of drug-likeness (QED) is 0.316. The van der Waals surface area contributed by atoms with E-state index < -0.39 is 5.97 Å². The van der Waals surface area contributed by atoms with Crippen LogP contribution in [0.1, 0.15) is 29.8 Å². The first kappa shape index (κ1) is 23.7. The summed E-state index contributed by atoms with van der Waals surface area (Å²) in [5.41, 5.74) is 5.22. The SMILES string of the molecule is CCOC(=O)c1cc(NC(C)=O)cc(-c2ccncc2-c2ccccc2OCc2ccccc2)c1. The predicted octanol–water partition coefficient (Wildman–Crippen LogP) is 6.13. The Morgan fingerprint density at radius 1 is 0.886 bits per heavy atom. The lowest BCUT2D eigenvalue weighted by molar-refractivity contribution is -0.114. The normalized spacial score (nSPS) is 10.5. The predicted molar refractivity (Wildman–Crippen MR) is 136 cm³/mol. The minimum atomic E-state index is -0.455. The average Bonchev–Trinajstić information content (AvgIpc) is 2.88. The van der Waals surface area contributed by atoms with Crippen LogP contribution in [0, 0.1) is 0 Å². The van der Waals surface area contributed by atoms with Gasteiger partial charge in [0, 0.05) is 36.1 Å². The largest absolute Gasteiger partial charge is 0.488 e. The van der Waals surface area contributed by atoms with Crippen LogP contribution in [0.3, 0.4) is 0 Å². The highest BCUT2D eigenvalue weighted by Crippen LogP contribution is 2.38. The van der Waals surface area contributed by atoms with Crippen molar-refractivity contribution in [2.75, 3.05) is 11.9 Å². The summed E-state index contributed by atoms with van der Waals surface area (Å²) in [4.78, 5) is 28.6. The van der Waals surface area contributed by atoms with Gasteiger partial charge in [-0.15, -0.1) is 0 Å². The molecule has 1 amide bonds. The molecule has 0 saturated carbocycles. The van der Waals surface area contributed by atoms with Crippen molar-refractivity contribution in [2.45, 2.75) is 20.5 Å². The van der Waals surface area contributed by atoms with Crippen molar-refractivity contribution in [1.82, 2.24) is 4.98 Å². The van der Waals surface area contributed by atoms with Crippen molar-refractivity contribution in [3.05, 3.63) is 102 Å². The molecule has 0 fully saturated rings. The molecular weight excluding hydrogens is 440 g/mol. The second kappa shape index (κ2) is 11.1. The smallest absolute Gasteiger partial charge is 0.338 e. The number of benzene rings is 3. The third-order valence-corrected chi connectivity index (χ3v) is 5.31. The fraction of sp³-hybridized carbons (Fsp3) is 0.138. The van der Waals surface area contributed by atoms with Gasteiger partial charge in [0.1, 0.15) is 12.4 Å². The Bertz CT molecular complexity index is 1340. The van der Waals surface area contributed by atoms with Gasteiger partial charge in [-0.05, 0) is 53.9 Å². The van der Waals surface area contributed by atoms with Crippen LogP contribution < -0.4 is 10.1 Å². The van der Waals surface area contributed by atoms with E-state index in [1.54, 1.807) is 31.5 Å². The molecule has 1 heterocycles. The minimum Gasteiger partial charge on any atom is -0.488 e. The van der Waals surface area contributed by atoms with Crippen molar-refractivity contribution in [3.8, 4) is 28.0 Å². The Labute approximate surface area is 204 Å².